The Hall–Kier alpha value is -2.15. The molecule has 27 heavy (non-hydrogen) atoms. The molecule has 1 saturated carbocycles. The summed E-state index contributed by atoms with van der Waals surface area (Å²) in [4.78, 5) is 24.0. The van der Waals surface area contributed by atoms with Crippen molar-refractivity contribution in [2.45, 2.75) is 56.8 Å². The second-order valence-corrected chi connectivity index (χ2v) is 7.91. The number of carbonyl (C=O) groups excluding carboxylic acids is 1. The Morgan fingerprint density at radius 3 is 2.70 bits per heavy atom. The Balaban J connectivity index is 1.87. The van der Waals surface area contributed by atoms with Crippen molar-refractivity contribution in [3.05, 3.63) is 35.1 Å². The van der Waals surface area contributed by atoms with E-state index in [0.29, 0.717) is 17.5 Å². The number of halogens is 1. The Morgan fingerprint density at radius 1 is 1.22 bits per heavy atom. The van der Waals surface area contributed by atoms with Crippen molar-refractivity contribution in [1.82, 2.24) is 15.3 Å². The quantitative estimate of drug-likeness (QED) is 0.615. The number of aromatic nitrogens is 2. The SMILES string of the molecule is CSc1nc(-c2ccc(F)cc2C)c2c(n1)N(C1CCCCC1)C(=O)NC2. The van der Waals surface area contributed by atoms with Gasteiger partial charge < -0.3 is 5.32 Å². The standard InChI is InChI=1S/C20H23FN4OS/c1-12-10-13(21)8-9-15(12)17-16-11-22-20(26)25(14-6-4-3-5-7-14)18(16)24-19(23-17)27-2/h8-10,14H,3-7,11H2,1-2H3,(H,22,26). The molecule has 4 rings (SSSR count). The zero-order valence-electron chi connectivity index (χ0n) is 15.6. The summed E-state index contributed by atoms with van der Waals surface area (Å²) < 4.78 is 13.6. The first-order chi connectivity index (χ1) is 13.1. The molecule has 2 aromatic rings. The van der Waals surface area contributed by atoms with Crippen molar-refractivity contribution in [3.8, 4) is 11.3 Å². The van der Waals surface area contributed by atoms with E-state index < -0.39 is 0 Å². The van der Waals surface area contributed by atoms with E-state index in [-0.39, 0.29) is 17.9 Å². The molecule has 1 fully saturated rings. The molecule has 7 heteroatoms. The topological polar surface area (TPSA) is 58.1 Å². The zero-order valence-corrected chi connectivity index (χ0v) is 16.4. The lowest BCUT2D eigenvalue weighted by Crippen LogP contribution is -2.51. The third kappa shape index (κ3) is 3.40. The number of thioether (sulfide) groups is 1. The Bertz CT molecular complexity index is 883. The molecule has 2 aliphatic rings. The summed E-state index contributed by atoms with van der Waals surface area (Å²) in [5, 5.41) is 3.62. The van der Waals surface area contributed by atoms with Crippen molar-refractivity contribution in [2.24, 2.45) is 0 Å². The minimum atomic E-state index is -0.263. The average Bonchev–Trinajstić information content (AvgIpc) is 2.67. The predicted octanol–water partition coefficient (Wildman–Crippen LogP) is 4.68. The summed E-state index contributed by atoms with van der Waals surface area (Å²) in [5.41, 5.74) is 3.39. The molecule has 1 N–H and O–H groups in total. The van der Waals surface area contributed by atoms with Crippen LogP contribution in [0.15, 0.2) is 23.4 Å². The van der Waals surface area contributed by atoms with Gasteiger partial charge >= 0.3 is 6.03 Å². The first-order valence-electron chi connectivity index (χ1n) is 9.37. The van der Waals surface area contributed by atoms with Crippen LogP contribution >= 0.6 is 11.8 Å². The summed E-state index contributed by atoms with van der Waals surface area (Å²) in [6.45, 7) is 2.27. The first kappa shape index (κ1) is 18.2. The van der Waals surface area contributed by atoms with Gasteiger partial charge in [-0.2, -0.15) is 0 Å². The number of anilines is 1. The van der Waals surface area contributed by atoms with E-state index in [0.717, 1.165) is 48.1 Å². The highest BCUT2D eigenvalue weighted by Crippen LogP contribution is 2.37. The summed E-state index contributed by atoms with van der Waals surface area (Å²) in [5.74, 6) is 0.449. The molecule has 2 heterocycles. The number of urea groups is 1. The van der Waals surface area contributed by atoms with Crippen LogP contribution in [0, 0.1) is 12.7 Å². The van der Waals surface area contributed by atoms with Crippen molar-refractivity contribution >= 4 is 23.6 Å². The van der Waals surface area contributed by atoms with E-state index in [4.69, 9.17) is 9.97 Å². The van der Waals surface area contributed by atoms with Gasteiger partial charge in [0.2, 0.25) is 0 Å². The van der Waals surface area contributed by atoms with Crippen LogP contribution in [0.25, 0.3) is 11.3 Å². The van der Waals surface area contributed by atoms with Crippen LogP contribution < -0.4 is 10.2 Å². The maximum absolute atomic E-state index is 13.6. The van der Waals surface area contributed by atoms with Crippen LogP contribution in [0.1, 0.15) is 43.2 Å². The van der Waals surface area contributed by atoms with Crippen molar-refractivity contribution in [3.63, 3.8) is 0 Å². The van der Waals surface area contributed by atoms with Gasteiger partial charge in [0, 0.05) is 17.2 Å². The Kier molecular flexibility index (Phi) is 5.04. The number of rotatable bonds is 3. The molecule has 0 spiro atoms. The third-order valence-corrected chi connectivity index (χ3v) is 5.94. The minimum absolute atomic E-state index is 0.0815. The molecular weight excluding hydrogens is 363 g/mol. The van der Waals surface area contributed by atoms with Crippen molar-refractivity contribution in [2.75, 3.05) is 11.2 Å². The number of amides is 2. The van der Waals surface area contributed by atoms with E-state index in [1.54, 1.807) is 6.07 Å². The van der Waals surface area contributed by atoms with Gasteiger partial charge in [0.15, 0.2) is 5.16 Å². The van der Waals surface area contributed by atoms with Crippen LogP contribution in [0.2, 0.25) is 0 Å². The average molecular weight is 386 g/mol. The van der Waals surface area contributed by atoms with Gasteiger partial charge in [-0.3, -0.25) is 4.90 Å². The highest BCUT2D eigenvalue weighted by molar-refractivity contribution is 7.98. The fourth-order valence-electron chi connectivity index (χ4n) is 4.04. The van der Waals surface area contributed by atoms with Gasteiger partial charge in [-0.1, -0.05) is 31.0 Å². The zero-order chi connectivity index (χ0) is 19.0. The lowest BCUT2D eigenvalue weighted by Gasteiger charge is -2.37. The molecule has 1 aliphatic heterocycles. The molecule has 1 aliphatic carbocycles. The van der Waals surface area contributed by atoms with E-state index in [2.05, 4.69) is 5.32 Å². The molecule has 1 aromatic carbocycles. The monoisotopic (exact) mass is 386 g/mol. The maximum Gasteiger partial charge on any atom is 0.323 e. The number of hydrogen-bond acceptors (Lipinski definition) is 4. The molecule has 1 aromatic heterocycles. The number of carbonyl (C=O) groups is 1. The van der Waals surface area contributed by atoms with Crippen LogP contribution in [-0.4, -0.2) is 28.3 Å². The molecule has 142 valence electrons. The Labute approximate surface area is 162 Å². The molecule has 0 radical (unpaired) electrons. The summed E-state index contributed by atoms with van der Waals surface area (Å²) in [6.07, 6.45) is 7.41. The second kappa shape index (κ2) is 7.46. The lowest BCUT2D eigenvalue weighted by atomic mass is 9.93. The van der Waals surface area contributed by atoms with E-state index in [1.165, 1.54) is 30.3 Å². The maximum atomic E-state index is 13.6. The Morgan fingerprint density at radius 2 is 2.00 bits per heavy atom. The fraction of sp³-hybridized carbons (Fsp3) is 0.450. The molecule has 0 atom stereocenters. The third-order valence-electron chi connectivity index (χ3n) is 5.39. The summed E-state index contributed by atoms with van der Waals surface area (Å²) in [7, 11) is 0. The number of nitrogens with zero attached hydrogens (tertiary/aromatic N) is 3. The fourth-order valence-corrected chi connectivity index (χ4v) is 4.40. The van der Waals surface area contributed by atoms with Gasteiger partial charge in [0.05, 0.1) is 12.2 Å². The molecule has 0 unspecified atom stereocenters. The molecule has 5 nitrogen and oxygen atoms in total. The number of aryl methyl sites for hydroxylation is 1. The van der Waals surface area contributed by atoms with Crippen molar-refractivity contribution in [1.29, 1.82) is 0 Å². The predicted molar refractivity (Wildman–Crippen MR) is 106 cm³/mol. The van der Waals surface area contributed by atoms with Crippen LogP contribution in [-0.2, 0) is 6.54 Å². The normalized spacial score (nSPS) is 17.6. The van der Waals surface area contributed by atoms with E-state index >= 15 is 0 Å². The van der Waals surface area contributed by atoms with Gasteiger partial charge in [0.25, 0.3) is 0 Å². The van der Waals surface area contributed by atoms with Crippen molar-refractivity contribution < 1.29 is 9.18 Å². The molecule has 0 bridgehead atoms. The van der Waals surface area contributed by atoms with E-state index in [9.17, 15) is 9.18 Å². The summed E-state index contributed by atoms with van der Waals surface area (Å²) in [6, 6.07) is 4.82. The van der Waals surface area contributed by atoms with Gasteiger partial charge in [-0.05, 0) is 49.8 Å². The number of benzene rings is 1. The largest absolute Gasteiger partial charge is 0.333 e. The smallest absolute Gasteiger partial charge is 0.323 e. The van der Waals surface area contributed by atoms with E-state index in [1.807, 2.05) is 18.1 Å². The second-order valence-electron chi connectivity index (χ2n) is 7.14. The van der Waals surface area contributed by atoms with Gasteiger partial charge in [-0.15, -0.1) is 0 Å². The lowest BCUT2D eigenvalue weighted by molar-refractivity contribution is 0.238. The van der Waals surface area contributed by atoms with Crippen LogP contribution in [0.3, 0.4) is 0 Å². The minimum Gasteiger partial charge on any atom is -0.333 e. The highest BCUT2D eigenvalue weighted by atomic mass is 32.2. The first-order valence-corrected chi connectivity index (χ1v) is 10.6. The highest BCUT2D eigenvalue weighted by Gasteiger charge is 2.35. The molecule has 2 amide bonds. The van der Waals surface area contributed by atoms with Gasteiger partial charge in [-0.25, -0.2) is 19.2 Å². The molecular formula is C20H23FN4OS. The van der Waals surface area contributed by atoms with Gasteiger partial charge in [0.1, 0.15) is 11.6 Å². The number of nitrogens with one attached hydrogen (secondary N) is 1. The molecule has 0 saturated heterocycles. The van der Waals surface area contributed by atoms with Crippen LogP contribution in [0.4, 0.5) is 15.0 Å². The number of hydrogen-bond donors (Lipinski definition) is 1. The van der Waals surface area contributed by atoms with Crippen LogP contribution in [0.5, 0.6) is 0 Å². The summed E-state index contributed by atoms with van der Waals surface area (Å²) >= 11 is 1.45. The number of fused-ring (bicyclic) bond motifs is 1.